The van der Waals surface area contributed by atoms with Gasteiger partial charge in [-0.2, -0.15) is 0 Å². The molecule has 0 bridgehead atoms. The highest BCUT2D eigenvalue weighted by molar-refractivity contribution is 5.78. The molecular weight excluding hydrogens is 240 g/mol. The summed E-state index contributed by atoms with van der Waals surface area (Å²) in [7, 11) is 0. The predicted octanol–water partition coefficient (Wildman–Crippen LogP) is 1.44. The summed E-state index contributed by atoms with van der Waals surface area (Å²) in [6.07, 6.45) is 3.80. The SMILES string of the molecule is O=C(NCCc1ccc(O)cc1)C1CCCNCC1. The van der Waals surface area contributed by atoms with Crippen LogP contribution in [-0.2, 0) is 11.2 Å². The zero-order valence-electron chi connectivity index (χ0n) is 11.2. The monoisotopic (exact) mass is 262 g/mol. The molecular formula is C15H22N2O2. The Balaban J connectivity index is 1.72. The van der Waals surface area contributed by atoms with Crippen molar-refractivity contribution in [3.63, 3.8) is 0 Å². The van der Waals surface area contributed by atoms with E-state index in [0.717, 1.165) is 44.3 Å². The lowest BCUT2D eigenvalue weighted by Gasteiger charge is -2.13. The van der Waals surface area contributed by atoms with Crippen LogP contribution in [-0.4, -0.2) is 30.6 Å². The first kappa shape index (κ1) is 13.9. The van der Waals surface area contributed by atoms with Gasteiger partial charge in [0, 0.05) is 12.5 Å². The molecule has 0 spiro atoms. The summed E-state index contributed by atoms with van der Waals surface area (Å²) in [6.45, 7) is 2.63. The molecule has 0 saturated carbocycles. The minimum Gasteiger partial charge on any atom is -0.508 e. The van der Waals surface area contributed by atoms with Gasteiger partial charge in [0.1, 0.15) is 5.75 Å². The summed E-state index contributed by atoms with van der Waals surface area (Å²) in [5.41, 5.74) is 1.13. The first-order valence-electron chi connectivity index (χ1n) is 7.02. The van der Waals surface area contributed by atoms with Crippen molar-refractivity contribution in [3.05, 3.63) is 29.8 Å². The highest BCUT2D eigenvalue weighted by Gasteiger charge is 2.19. The molecule has 104 valence electrons. The van der Waals surface area contributed by atoms with Gasteiger partial charge in [-0.1, -0.05) is 12.1 Å². The molecule has 1 aromatic carbocycles. The molecule has 19 heavy (non-hydrogen) atoms. The number of carbonyl (C=O) groups is 1. The van der Waals surface area contributed by atoms with Gasteiger partial charge in [-0.3, -0.25) is 4.79 Å². The van der Waals surface area contributed by atoms with E-state index < -0.39 is 0 Å². The van der Waals surface area contributed by atoms with Crippen LogP contribution in [0.15, 0.2) is 24.3 Å². The quantitative estimate of drug-likeness (QED) is 0.769. The summed E-state index contributed by atoms with van der Waals surface area (Å²) < 4.78 is 0. The van der Waals surface area contributed by atoms with E-state index in [1.807, 2.05) is 12.1 Å². The van der Waals surface area contributed by atoms with Crippen LogP contribution in [0.1, 0.15) is 24.8 Å². The maximum Gasteiger partial charge on any atom is 0.223 e. The van der Waals surface area contributed by atoms with Gasteiger partial charge < -0.3 is 15.7 Å². The molecule has 1 aliphatic rings. The highest BCUT2D eigenvalue weighted by Crippen LogP contribution is 2.13. The predicted molar refractivity (Wildman–Crippen MR) is 75.0 cm³/mol. The van der Waals surface area contributed by atoms with Crippen molar-refractivity contribution < 1.29 is 9.90 Å². The fourth-order valence-corrected chi connectivity index (χ4v) is 2.42. The number of nitrogens with one attached hydrogen (secondary N) is 2. The van der Waals surface area contributed by atoms with Crippen molar-refractivity contribution in [2.75, 3.05) is 19.6 Å². The second-order valence-corrected chi connectivity index (χ2v) is 5.09. The number of hydrogen-bond acceptors (Lipinski definition) is 3. The lowest BCUT2D eigenvalue weighted by Crippen LogP contribution is -2.32. The van der Waals surface area contributed by atoms with E-state index in [2.05, 4.69) is 10.6 Å². The maximum absolute atomic E-state index is 12.0. The molecule has 0 aromatic heterocycles. The average Bonchev–Trinajstić information content (AvgIpc) is 2.70. The Bertz CT molecular complexity index is 395. The number of amides is 1. The van der Waals surface area contributed by atoms with Crippen molar-refractivity contribution in [2.24, 2.45) is 5.92 Å². The minimum absolute atomic E-state index is 0.162. The molecule has 1 aliphatic heterocycles. The van der Waals surface area contributed by atoms with E-state index in [4.69, 9.17) is 0 Å². The topological polar surface area (TPSA) is 61.4 Å². The second-order valence-electron chi connectivity index (χ2n) is 5.09. The Hall–Kier alpha value is -1.55. The second kappa shape index (κ2) is 7.14. The van der Waals surface area contributed by atoms with Crippen LogP contribution < -0.4 is 10.6 Å². The van der Waals surface area contributed by atoms with Crippen LogP contribution in [0.3, 0.4) is 0 Å². The fraction of sp³-hybridized carbons (Fsp3) is 0.533. The lowest BCUT2D eigenvalue weighted by molar-refractivity contribution is -0.125. The molecule has 1 unspecified atom stereocenters. The first-order chi connectivity index (χ1) is 9.25. The average molecular weight is 262 g/mol. The number of rotatable bonds is 4. The van der Waals surface area contributed by atoms with E-state index >= 15 is 0 Å². The molecule has 4 nitrogen and oxygen atoms in total. The number of hydrogen-bond donors (Lipinski definition) is 3. The molecule has 1 atom stereocenters. The molecule has 1 saturated heterocycles. The molecule has 4 heteroatoms. The van der Waals surface area contributed by atoms with Crippen LogP contribution in [0, 0.1) is 5.92 Å². The number of benzene rings is 1. The summed E-state index contributed by atoms with van der Waals surface area (Å²) in [5, 5.41) is 15.5. The van der Waals surface area contributed by atoms with Gasteiger partial charge in [0.15, 0.2) is 0 Å². The van der Waals surface area contributed by atoms with Crippen molar-refractivity contribution in [2.45, 2.75) is 25.7 Å². The van der Waals surface area contributed by atoms with Crippen molar-refractivity contribution in [3.8, 4) is 5.75 Å². The summed E-state index contributed by atoms with van der Waals surface area (Å²) in [6, 6.07) is 7.12. The van der Waals surface area contributed by atoms with E-state index in [-0.39, 0.29) is 17.6 Å². The van der Waals surface area contributed by atoms with Gasteiger partial charge in [0.25, 0.3) is 0 Å². The van der Waals surface area contributed by atoms with Gasteiger partial charge in [-0.05, 0) is 56.5 Å². The van der Waals surface area contributed by atoms with Crippen molar-refractivity contribution in [1.29, 1.82) is 0 Å². The lowest BCUT2D eigenvalue weighted by atomic mass is 10.00. The van der Waals surface area contributed by atoms with Gasteiger partial charge in [0.2, 0.25) is 5.91 Å². The molecule has 1 heterocycles. The van der Waals surface area contributed by atoms with Crippen LogP contribution in [0.5, 0.6) is 5.75 Å². The third kappa shape index (κ3) is 4.56. The van der Waals surface area contributed by atoms with E-state index in [1.165, 1.54) is 0 Å². The van der Waals surface area contributed by atoms with Gasteiger partial charge >= 0.3 is 0 Å². The van der Waals surface area contributed by atoms with Gasteiger partial charge in [0.05, 0.1) is 0 Å². The van der Waals surface area contributed by atoms with E-state index in [9.17, 15) is 9.90 Å². The molecule has 2 rings (SSSR count). The number of phenols is 1. The van der Waals surface area contributed by atoms with Crippen LogP contribution in [0.4, 0.5) is 0 Å². The van der Waals surface area contributed by atoms with Crippen molar-refractivity contribution in [1.82, 2.24) is 10.6 Å². The molecule has 1 fully saturated rings. The molecule has 1 aromatic rings. The Morgan fingerprint density at radius 1 is 1.26 bits per heavy atom. The molecule has 0 radical (unpaired) electrons. The Labute approximate surface area is 114 Å². The smallest absolute Gasteiger partial charge is 0.223 e. The molecule has 1 amide bonds. The first-order valence-corrected chi connectivity index (χ1v) is 7.02. The van der Waals surface area contributed by atoms with Gasteiger partial charge in [-0.15, -0.1) is 0 Å². The Morgan fingerprint density at radius 2 is 2.05 bits per heavy atom. The summed E-state index contributed by atoms with van der Waals surface area (Å²) >= 11 is 0. The molecule has 3 N–H and O–H groups in total. The van der Waals surface area contributed by atoms with Crippen LogP contribution >= 0.6 is 0 Å². The number of phenolic OH excluding ortho intramolecular Hbond substituents is 1. The summed E-state index contributed by atoms with van der Waals surface area (Å²) in [5.74, 6) is 0.621. The summed E-state index contributed by atoms with van der Waals surface area (Å²) in [4.78, 5) is 12.0. The highest BCUT2D eigenvalue weighted by atomic mass is 16.3. The van der Waals surface area contributed by atoms with Gasteiger partial charge in [-0.25, -0.2) is 0 Å². The van der Waals surface area contributed by atoms with E-state index in [1.54, 1.807) is 12.1 Å². The van der Waals surface area contributed by atoms with E-state index in [0.29, 0.717) is 6.54 Å². The number of aromatic hydroxyl groups is 1. The zero-order valence-corrected chi connectivity index (χ0v) is 11.2. The minimum atomic E-state index is 0.162. The zero-order chi connectivity index (χ0) is 13.5. The third-order valence-corrected chi connectivity index (χ3v) is 3.60. The fourth-order valence-electron chi connectivity index (χ4n) is 2.42. The standard InChI is InChI=1S/C15H22N2O2/c18-14-5-3-12(4-6-14)7-11-17-15(19)13-2-1-9-16-10-8-13/h3-6,13,16,18H,1-2,7-11H2,(H,17,19). The normalized spacial score (nSPS) is 19.7. The number of carbonyl (C=O) groups excluding carboxylic acids is 1. The Kier molecular flexibility index (Phi) is 5.21. The molecule has 0 aliphatic carbocycles. The largest absolute Gasteiger partial charge is 0.508 e. The van der Waals surface area contributed by atoms with Crippen molar-refractivity contribution >= 4 is 5.91 Å². The Morgan fingerprint density at radius 3 is 2.84 bits per heavy atom. The third-order valence-electron chi connectivity index (χ3n) is 3.60. The maximum atomic E-state index is 12.0. The van der Waals surface area contributed by atoms with Crippen LogP contribution in [0.2, 0.25) is 0 Å². The van der Waals surface area contributed by atoms with Crippen LogP contribution in [0.25, 0.3) is 0 Å².